The summed E-state index contributed by atoms with van der Waals surface area (Å²) < 4.78 is 0. The molecule has 0 spiro atoms. The third-order valence-electron chi connectivity index (χ3n) is 6.20. The molecule has 1 atom stereocenters. The van der Waals surface area contributed by atoms with E-state index in [0.29, 0.717) is 5.92 Å². The molecule has 4 rings (SSSR count). The quantitative estimate of drug-likeness (QED) is 0.550. The molecule has 0 saturated heterocycles. The van der Waals surface area contributed by atoms with E-state index >= 15 is 0 Å². The molecule has 31 heavy (non-hydrogen) atoms. The second-order valence-corrected chi connectivity index (χ2v) is 9.35. The van der Waals surface area contributed by atoms with Gasteiger partial charge in [-0.2, -0.15) is 0 Å². The van der Waals surface area contributed by atoms with Gasteiger partial charge in [0.15, 0.2) is 0 Å². The predicted octanol–water partition coefficient (Wildman–Crippen LogP) is 5.16. The zero-order chi connectivity index (χ0) is 21.8. The average Bonchev–Trinajstić information content (AvgIpc) is 2.76. The van der Waals surface area contributed by atoms with Crippen molar-refractivity contribution in [1.82, 2.24) is 15.1 Å². The van der Waals surface area contributed by atoms with Crippen LogP contribution in [0.4, 0.5) is 0 Å². The molecule has 3 heteroatoms. The van der Waals surface area contributed by atoms with Gasteiger partial charge < -0.3 is 10.2 Å². The fourth-order valence-corrected chi connectivity index (χ4v) is 4.56. The van der Waals surface area contributed by atoms with Crippen LogP contribution in [0, 0.1) is 5.92 Å². The molecule has 1 aliphatic heterocycles. The van der Waals surface area contributed by atoms with E-state index in [1.807, 2.05) is 0 Å². The molecule has 1 aliphatic rings. The normalized spacial score (nSPS) is 15.1. The van der Waals surface area contributed by atoms with Crippen molar-refractivity contribution in [3.05, 3.63) is 89.5 Å². The molecule has 0 amide bonds. The van der Waals surface area contributed by atoms with Crippen molar-refractivity contribution in [2.75, 3.05) is 33.7 Å². The monoisotopic (exact) mass is 413 g/mol. The summed E-state index contributed by atoms with van der Waals surface area (Å²) in [5.74, 6) is 0.566. The predicted molar refractivity (Wildman–Crippen MR) is 133 cm³/mol. The topological polar surface area (TPSA) is 18.5 Å². The average molecular weight is 414 g/mol. The van der Waals surface area contributed by atoms with Crippen LogP contribution in [0.2, 0.25) is 0 Å². The summed E-state index contributed by atoms with van der Waals surface area (Å²) in [6.07, 6.45) is 1.16. The first-order valence-electron chi connectivity index (χ1n) is 11.4. The second-order valence-electron chi connectivity index (χ2n) is 9.35. The van der Waals surface area contributed by atoms with Crippen molar-refractivity contribution in [1.29, 1.82) is 0 Å². The zero-order valence-electron chi connectivity index (χ0n) is 19.2. The number of rotatable bonds is 8. The largest absolute Gasteiger partial charge is 0.385 e. The lowest BCUT2D eigenvalue weighted by atomic mass is 9.99. The van der Waals surface area contributed by atoms with Gasteiger partial charge >= 0.3 is 0 Å². The molecule has 0 bridgehead atoms. The van der Waals surface area contributed by atoms with Crippen LogP contribution in [0.1, 0.15) is 29.2 Å². The molecule has 0 fully saturated rings. The number of benzene rings is 3. The lowest BCUT2D eigenvalue weighted by Gasteiger charge is -2.31. The minimum absolute atomic E-state index is 0.566. The van der Waals surface area contributed by atoms with Crippen molar-refractivity contribution >= 4 is 16.5 Å². The van der Waals surface area contributed by atoms with Crippen molar-refractivity contribution in [3.63, 3.8) is 0 Å². The number of fused-ring (bicyclic) bond motifs is 2. The Balaban J connectivity index is 1.31. The molecule has 1 heterocycles. The molecular weight excluding hydrogens is 378 g/mol. The van der Waals surface area contributed by atoms with Crippen LogP contribution < -0.4 is 5.32 Å². The molecule has 1 unspecified atom stereocenters. The molecule has 1 N–H and O–H groups in total. The number of hydrogen-bond acceptors (Lipinski definition) is 3. The van der Waals surface area contributed by atoms with Crippen molar-refractivity contribution < 1.29 is 0 Å². The van der Waals surface area contributed by atoms with Crippen LogP contribution in [0.5, 0.6) is 0 Å². The molecule has 0 aliphatic carbocycles. The van der Waals surface area contributed by atoms with Gasteiger partial charge in [0.05, 0.1) is 0 Å². The lowest BCUT2D eigenvalue weighted by Crippen LogP contribution is -2.36. The van der Waals surface area contributed by atoms with E-state index in [1.165, 1.54) is 33.0 Å². The van der Waals surface area contributed by atoms with Gasteiger partial charge in [-0.1, -0.05) is 62.0 Å². The van der Waals surface area contributed by atoms with Gasteiger partial charge in [-0.3, -0.25) is 4.90 Å². The molecule has 3 aromatic carbocycles. The Kier molecular flexibility index (Phi) is 6.74. The molecule has 162 valence electrons. The first kappa shape index (κ1) is 21.6. The van der Waals surface area contributed by atoms with Crippen LogP contribution in [-0.2, 0) is 19.5 Å². The molecule has 0 saturated carbocycles. The van der Waals surface area contributed by atoms with E-state index < -0.39 is 0 Å². The van der Waals surface area contributed by atoms with Crippen molar-refractivity contribution in [2.45, 2.75) is 26.4 Å². The highest BCUT2D eigenvalue weighted by Gasteiger charge is 2.17. The minimum Gasteiger partial charge on any atom is -0.385 e. The Morgan fingerprint density at radius 1 is 1.03 bits per heavy atom. The van der Waals surface area contributed by atoms with Gasteiger partial charge in [0.1, 0.15) is 0 Å². The van der Waals surface area contributed by atoms with Crippen LogP contribution >= 0.6 is 0 Å². The van der Waals surface area contributed by atoms with E-state index in [1.54, 1.807) is 0 Å². The SMILES string of the molecule is C=C(NCC(C)CN1CCc2ccccc2C1)c1ccc2cc(CN(C)C)ccc2c1. The Hall–Kier alpha value is -2.62. The molecular formula is C28H35N3. The molecule has 0 aromatic heterocycles. The minimum atomic E-state index is 0.566. The summed E-state index contributed by atoms with van der Waals surface area (Å²) in [5, 5.41) is 6.14. The molecule has 3 aromatic rings. The van der Waals surface area contributed by atoms with Crippen LogP contribution in [0.3, 0.4) is 0 Å². The summed E-state index contributed by atoms with van der Waals surface area (Å²) in [6, 6.07) is 22.2. The Labute approximate surface area is 187 Å². The van der Waals surface area contributed by atoms with E-state index in [4.69, 9.17) is 0 Å². The van der Waals surface area contributed by atoms with E-state index in [0.717, 1.165) is 44.8 Å². The Bertz CT molecular complexity index is 1050. The van der Waals surface area contributed by atoms with Gasteiger partial charge in [0.2, 0.25) is 0 Å². The lowest BCUT2D eigenvalue weighted by molar-refractivity contribution is 0.220. The van der Waals surface area contributed by atoms with Gasteiger partial charge in [-0.25, -0.2) is 0 Å². The molecule has 3 nitrogen and oxygen atoms in total. The third kappa shape index (κ3) is 5.55. The van der Waals surface area contributed by atoms with E-state index in [2.05, 4.69) is 103 Å². The Morgan fingerprint density at radius 2 is 1.77 bits per heavy atom. The third-order valence-corrected chi connectivity index (χ3v) is 6.20. The maximum atomic E-state index is 4.31. The van der Waals surface area contributed by atoms with E-state index in [-0.39, 0.29) is 0 Å². The summed E-state index contributed by atoms with van der Waals surface area (Å²) in [6.45, 7) is 11.9. The maximum absolute atomic E-state index is 4.31. The fraction of sp³-hybridized carbons (Fsp3) is 0.357. The smallest absolute Gasteiger partial charge is 0.0341 e. The zero-order valence-corrected chi connectivity index (χ0v) is 19.2. The first-order chi connectivity index (χ1) is 15.0. The number of nitrogens with one attached hydrogen (secondary N) is 1. The summed E-state index contributed by atoms with van der Waals surface area (Å²) in [7, 11) is 4.21. The van der Waals surface area contributed by atoms with E-state index in [9.17, 15) is 0 Å². The van der Waals surface area contributed by atoms with Gasteiger partial charge in [-0.05, 0) is 71.6 Å². The van der Waals surface area contributed by atoms with Crippen LogP contribution in [0.15, 0.2) is 67.2 Å². The first-order valence-corrected chi connectivity index (χ1v) is 11.4. The maximum Gasteiger partial charge on any atom is 0.0341 e. The standard InChI is InChI=1S/C28H35N3/c1-21(18-31-14-13-24-7-5-6-8-28(24)20-31)17-29-22(2)25-11-12-26-15-23(19-30(3)4)9-10-27(26)16-25/h5-12,15-16,21,29H,2,13-14,17-20H2,1,3-4H3. The highest BCUT2D eigenvalue weighted by atomic mass is 15.1. The summed E-state index contributed by atoms with van der Waals surface area (Å²) in [4.78, 5) is 4.78. The van der Waals surface area contributed by atoms with Crippen LogP contribution in [-0.4, -0.2) is 43.5 Å². The summed E-state index contributed by atoms with van der Waals surface area (Å²) >= 11 is 0. The highest BCUT2D eigenvalue weighted by Crippen LogP contribution is 2.22. The number of hydrogen-bond donors (Lipinski definition) is 1. The van der Waals surface area contributed by atoms with Crippen molar-refractivity contribution in [2.24, 2.45) is 5.92 Å². The highest BCUT2D eigenvalue weighted by molar-refractivity contribution is 5.86. The second kappa shape index (κ2) is 9.67. The Morgan fingerprint density at radius 3 is 2.58 bits per heavy atom. The van der Waals surface area contributed by atoms with Gasteiger partial charge in [-0.15, -0.1) is 0 Å². The fourth-order valence-electron chi connectivity index (χ4n) is 4.56. The number of nitrogens with zero attached hydrogens (tertiary/aromatic N) is 2. The van der Waals surface area contributed by atoms with Crippen molar-refractivity contribution in [3.8, 4) is 0 Å². The molecule has 0 radical (unpaired) electrons. The van der Waals surface area contributed by atoms with Gasteiger partial charge in [0, 0.05) is 38.4 Å². The van der Waals surface area contributed by atoms with Gasteiger partial charge in [0.25, 0.3) is 0 Å². The summed E-state index contributed by atoms with van der Waals surface area (Å²) in [5.41, 5.74) is 6.53. The van der Waals surface area contributed by atoms with Crippen LogP contribution in [0.25, 0.3) is 16.5 Å².